The van der Waals surface area contributed by atoms with E-state index in [2.05, 4.69) is 115 Å². The van der Waals surface area contributed by atoms with Crippen LogP contribution >= 0.6 is 0 Å². The van der Waals surface area contributed by atoms with Crippen molar-refractivity contribution in [1.29, 1.82) is 0 Å². The minimum absolute atomic E-state index is 0.0906. The van der Waals surface area contributed by atoms with Gasteiger partial charge in [0, 0.05) is 27.0 Å². The summed E-state index contributed by atoms with van der Waals surface area (Å²) in [5.41, 5.74) is 10.9. The van der Waals surface area contributed by atoms with Gasteiger partial charge in [-0.1, -0.05) is 86.6 Å². The van der Waals surface area contributed by atoms with E-state index in [0.29, 0.717) is 0 Å². The van der Waals surface area contributed by atoms with Crippen molar-refractivity contribution in [2.75, 3.05) is 0 Å². The van der Waals surface area contributed by atoms with Gasteiger partial charge in [0.05, 0.1) is 16.7 Å². The van der Waals surface area contributed by atoms with E-state index in [4.69, 9.17) is 4.42 Å². The van der Waals surface area contributed by atoms with Crippen LogP contribution in [0, 0.1) is 0 Å². The molecule has 0 radical (unpaired) electrons. The van der Waals surface area contributed by atoms with Crippen LogP contribution in [-0.4, -0.2) is 4.57 Å². The van der Waals surface area contributed by atoms with Crippen molar-refractivity contribution in [2.24, 2.45) is 0 Å². The summed E-state index contributed by atoms with van der Waals surface area (Å²) in [6.45, 7) is 4.72. The predicted molar refractivity (Wildman–Crippen MR) is 146 cm³/mol. The second-order valence-electron chi connectivity index (χ2n) is 10.2. The zero-order chi connectivity index (χ0) is 23.3. The number of fused-ring (bicyclic) bond motifs is 10. The first kappa shape index (κ1) is 19.1. The van der Waals surface area contributed by atoms with Crippen LogP contribution in [0.1, 0.15) is 25.0 Å². The third-order valence-corrected chi connectivity index (χ3v) is 7.98. The van der Waals surface area contributed by atoms with Crippen LogP contribution in [0.3, 0.4) is 0 Å². The first-order valence-electron chi connectivity index (χ1n) is 12.2. The molecule has 2 heteroatoms. The fourth-order valence-electron chi connectivity index (χ4n) is 6.54. The number of nitrogens with zero attached hydrogens (tertiary/aromatic N) is 1. The summed E-state index contributed by atoms with van der Waals surface area (Å²) in [7, 11) is 0. The number of para-hydroxylation sites is 2. The zero-order valence-electron chi connectivity index (χ0n) is 19.7. The molecule has 7 aromatic rings. The molecular weight excluding hydrogens is 426 g/mol. The molecule has 166 valence electrons. The van der Waals surface area contributed by atoms with E-state index in [9.17, 15) is 0 Å². The second-order valence-corrected chi connectivity index (χ2v) is 10.2. The van der Waals surface area contributed by atoms with E-state index in [0.717, 1.165) is 11.2 Å². The minimum Gasteiger partial charge on any atom is -0.456 e. The Bertz CT molecular complexity index is 1980. The SMILES string of the molecule is CC1(C)c2ccccc2-c2cccc(-n3c4ccccc4c4c5c(ccc43)oc3ccccc35)c21. The van der Waals surface area contributed by atoms with Crippen molar-refractivity contribution in [3.05, 3.63) is 114 Å². The Morgan fingerprint density at radius 1 is 0.571 bits per heavy atom. The van der Waals surface area contributed by atoms with Crippen LogP contribution < -0.4 is 0 Å². The Hall–Kier alpha value is -4.30. The normalized spacial score (nSPS) is 14.2. The van der Waals surface area contributed by atoms with E-state index in [1.807, 2.05) is 6.07 Å². The highest BCUT2D eigenvalue weighted by molar-refractivity contribution is 6.27. The Kier molecular flexibility index (Phi) is 3.50. The molecule has 0 amide bonds. The standard InChI is InChI=1S/C33H23NO/c1-33(2)24-14-6-3-10-20(24)21-13-9-16-27(32(21)33)34-25-15-7-4-11-22(25)30-26(34)18-19-29-31(30)23-12-5-8-17-28(23)35-29/h3-19H,1-2H3. The Morgan fingerprint density at radius 3 is 2.23 bits per heavy atom. The maximum atomic E-state index is 6.26. The molecule has 0 fully saturated rings. The van der Waals surface area contributed by atoms with E-state index in [1.165, 1.54) is 60.5 Å². The van der Waals surface area contributed by atoms with Crippen LogP contribution in [0.2, 0.25) is 0 Å². The molecule has 35 heavy (non-hydrogen) atoms. The van der Waals surface area contributed by atoms with Crippen molar-refractivity contribution in [1.82, 2.24) is 4.57 Å². The lowest BCUT2D eigenvalue weighted by molar-refractivity contribution is 0.656. The lowest BCUT2D eigenvalue weighted by Crippen LogP contribution is -2.17. The van der Waals surface area contributed by atoms with E-state index in [-0.39, 0.29) is 5.41 Å². The van der Waals surface area contributed by atoms with Crippen LogP contribution in [0.25, 0.3) is 60.6 Å². The van der Waals surface area contributed by atoms with Gasteiger partial charge in [0.25, 0.3) is 0 Å². The third-order valence-electron chi connectivity index (χ3n) is 7.98. The average Bonchev–Trinajstić information content (AvgIpc) is 3.50. The van der Waals surface area contributed by atoms with Crippen LogP contribution in [0.5, 0.6) is 0 Å². The molecule has 0 atom stereocenters. The lowest BCUT2D eigenvalue weighted by atomic mass is 9.81. The van der Waals surface area contributed by atoms with E-state index in [1.54, 1.807) is 0 Å². The van der Waals surface area contributed by atoms with Gasteiger partial charge in [0.15, 0.2) is 0 Å². The molecular formula is C33H23NO. The molecule has 2 aromatic heterocycles. The maximum absolute atomic E-state index is 6.26. The van der Waals surface area contributed by atoms with E-state index >= 15 is 0 Å². The summed E-state index contributed by atoms with van der Waals surface area (Å²) in [5, 5.41) is 4.88. The Labute approximate surface area is 203 Å². The van der Waals surface area contributed by atoms with Crippen molar-refractivity contribution in [3.8, 4) is 16.8 Å². The van der Waals surface area contributed by atoms with Gasteiger partial charge in [-0.05, 0) is 52.6 Å². The Balaban J connectivity index is 1.57. The summed E-state index contributed by atoms with van der Waals surface area (Å²) in [6.07, 6.45) is 0. The molecule has 1 aliphatic carbocycles. The summed E-state index contributed by atoms with van der Waals surface area (Å²) in [5.74, 6) is 0. The molecule has 0 spiro atoms. The Morgan fingerprint density at radius 2 is 1.31 bits per heavy atom. The fraction of sp³-hybridized carbons (Fsp3) is 0.0909. The predicted octanol–water partition coefficient (Wildman–Crippen LogP) is 8.99. The number of rotatable bonds is 1. The van der Waals surface area contributed by atoms with Gasteiger partial charge in [-0.25, -0.2) is 0 Å². The molecule has 0 unspecified atom stereocenters. The zero-order valence-corrected chi connectivity index (χ0v) is 19.7. The molecule has 1 aliphatic rings. The highest BCUT2D eigenvalue weighted by Gasteiger charge is 2.38. The third kappa shape index (κ3) is 2.29. The number of benzene rings is 5. The van der Waals surface area contributed by atoms with Gasteiger partial charge in [0.1, 0.15) is 11.2 Å². The number of aromatic nitrogens is 1. The highest BCUT2D eigenvalue weighted by atomic mass is 16.3. The van der Waals surface area contributed by atoms with Gasteiger partial charge < -0.3 is 8.98 Å². The summed E-state index contributed by atoms with van der Waals surface area (Å²) in [6, 6.07) is 37.1. The lowest BCUT2D eigenvalue weighted by Gasteiger charge is -2.25. The first-order chi connectivity index (χ1) is 17.1. The van der Waals surface area contributed by atoms with Crippen molar-refractivity contribution in [2.45, 2.75) is 19.3 Å². The van der Waals surface area contributed by atoms with Crippen molar-refractivity contribution in [3.63, 3.8) is 0 Å². The number of hydrogen-bond acceptors (Lipinski definition) is 1. The smallest absolute Gasteiger partial charge is 0.136 e. The van der Waals surface area contributed by atoms with Gasteiger partial charge in [-0.15, -0.1) is 0 Å². The van der Waals surface area contributed by atoms with Crippen LogP contribution in [0.4, 0.5) is 0 Å². The molecule has 2 heterocycles. The van der Waals surface area contributed by atoms with Gasteiger partial charge in [0.2, 0.25) is 0 Å². The quantitative estimate of drug-likeness (QED) is 0.244. The molecule has 0 saturated carbocycles. The number of furan rings is 1. The maximum Gasteiger partial charge on any atom is 0.136 e. The summed E-state index contributed by atoms with van der Waals surface area (Å²) < 4.78 is 8.74. The van der Waals surface area contributed by atoms with Crippen LogP contribution in [0.15, 0.2) is 108 Å². The highest BCUT2D eigenvalue weighted by Crippen LogP contribution is 2.52. The van der Waals surface area contributed by atoms with Crippen LogP contribution in [-0.2, 0) is 5.41 Å². The molecule has 2 nitrogen and oxygen atoms in total. The van der Waals surface area contributed by atoms with Crippen molar-refractivity contribution < 1.29 is 4.42 Å². The molecule has 0 bridgehead atoms. The molecule has 0 N–H and O–H groups in total. The van der Waals surface area contributed by atoms with Gasteiger partial charge in [-0.3, -0.25) is 0 Å². The molecule has 8 rings (SSSR count). The average molecular weight is 450 g/mol. The minimum atomic E-state index is -0.0906. The van der Waals surface area contributed by atoms with Gasteiger partial charge >= 0.3 is 0 Å². The molecule has 0 saturated heterocycles. The van der Waals surface area contributed by atoms with Crippen molar-refractivity contribution >= 4 is 43.7 Å². The van der Waals surface area contributed by atoms with E-state index < -0.39 is 0 Å². The monoisotopic (exact) mass is 449 g/mol. The fourth-order valence-corrected chi connectivity index (χ4v) is 6.54. The summed E-state index contributed by atoms with van der Waals surface area (Å²) >= 11 is 0. The molecule has 0 aliphatic heterocycles. The van der Waals surface area contributed by atoms with Gasteiger partial charge in [-0.2, -0.15) is 0 Å². The molecule has 5 aromatic carbocycles. The topological polar surface area (TPSA) is 18.1 Å². The largest absolute Gasteiger partial charge is 0.456 e. The second kappa shape index (κ2) is 6.43. The number of hydrogen-bond donors (Lipinski definition) is 0. The summed E-state index contributed by atoms with van der Waals surface area (Å²) in [4.78, 5) is 0. The first-order valence-corrected chi connectivity index (χ1v) is 12.2.